The zero-order valence-corrected chi connectivity index (χ0v) is 9.19. The van der Waals surface area contributed by atoms with Crippen LogP contribution in [0.5, 0.6) is 0 Å². The van der Waals surface area contributed by atoms with Crippen molar-refractivity contribution in [2.24, 2.45) is 11.7 Å². The quantitative estimate of drug-likeness (QED) is 0.660. The van der Waals surface area contributed by atoms with E-state index in [0.29, 0.717) is 11.9 Å². The highest BCUT2D eigenvalue weighted by molar-refractivity contribution is 5.79. The summed E-state index contributed by atoms with van der Waals surface area (Å²) in [6.45, 7) is 1.72. The molecule has 3 nitrogen and oxygen atoms in total. The van der Waals surface area contributed by atoms with Gasteiger partial charge in [-0.2, -0.15) is 0 Å². The fourth-order valence-corrected chi connectivity index (χ4v) is 2.40. The Morgan fingerprint density at radius 2 is 1.93 bits per heavy atom. The largest absolute Gasteiger partial charge is 0.342 e. The summed E-state index contributed by atoms with van der Waals surface area (Å²) in [5.41, 5.74) is 5.83. The Kier molecular flexibility index (Phi) is 3.41. The van der Waals surface area contributed by atoms with Gasteiger partial charge in [0.2, 0.25) is 5.91 Å². The van der Waals surface area contributed by atoms with Gasteiger partial charge in [-0.25, -0.2) is 0 Å². The number of piperidine rings is 1. The number of amides is 1. The van der Waals surface area contributed by atoms with E-state index >= 15 is 0 Å². The predicted molar refractivity (Wildman–Crippen MR) is 60.3 cm³/mol. The highest BCUT2D eigenvalue weighted by Crippen LogP contribution is 2.22. The van der Waals surface area contributed by atoms with Crippen LogP contribution in [0.3, 0.4) is 0 Å². The molecule has 1 aliphatic carbocycles. The van der Waals surface area contributed by atoms with Gasteiger partial charge in [-0.3, -0.25) is 4.79 Å². The van der Waals surface area contributed by atoms with E-state index in [-0.39, 0.29) is 5.92 Å². The van der Waals surface area contributed by atoms with Crippen LogP contribution < -0.4 is 5.73 Å². The monoisotopic (exact) mass is 208 g/mol. The van der Waals surface area contributed by atoms with E-state index in [2.05, 4.69) is 12.2 Å². The number of allylic oxidation sites excluding steroid dienone is 2. The van der Waals surface area contributed by atoms with E-state index in [4.69, 9.17) is 5.73 Å². The number of carbonyl (C=O) groups is 1. The van der Waals surface area contributed by atoms with E-state index in [1.807, 2.05) is 4.90 Å². The molecule has 15 heavy (non-hydrogen) atoms. The summed E-state index contributed by atoms with van der Waals surface area (Å²) in [6, 6.07) is 0.306. The molecule has 1 saturated heterocycles. The third kappa shape index (κ3) is 2.59. The number of nitrogens with zero attached hydrogens (tertiary/aromatic N) is 1. The van der Waals surface area contributed by atoms with Gasteiger partial charge in [0.15, 0.2) is 0 Å². The summed E-state index contributed by atoms with van der Waals surface area (Å²) in [6.07, 6.45) is 9.27. The molecule has 3 heteroatoms. The summed E-state index contributed by atoms with van der Waals surface area (Å²) in [5, 5.41) is 0. The SMILES string of the molecule is NC1CCN(C(=O)[C@H]2CC=CCC2)CC1. The van der Waals surface area contributed by atoms with Crippen molar-refractivity contribution in [1.29, 1.82) is 0 Å². The molecule has 2 rings (SSSR count). The van der Waals surface area contributed by atoms with Crippen LogP contribution in [0.4, 0.5) is 0 Å². The van der Waals surface area contributed by atoms with Gasteiger partial charge in [-0.05, 0) is 32.1 Å². The van der Waals surface area contributed by atoms with E-state index in [1.165, 1.54) is 0 Å². The summed E-state index contributed by atoms with van der Waals surface area (Å²) in [5.74, 6) is 0.593. The molecule has 0 saturated carbocycles. The minimum atomic E-state index is 0.240. The van der Waals surface area contributed by atoms with Crippen LogP contribution in [-0.2, 0) is 4.79 Å². The van der Waals surface area contributed by atoms with Gasteiger partial charge in [0, 0.05) is 25.0 Å². The summed E-state index contributed by atoms with van der Waals surface area (Å²) in [4.78, 5) is 14.1. The Hall–Kier alpha value is -0.830. The molecule has 0 aromatic carbocycles. The second-order valence-corrected chi connectivity index (χ2v) is 4.64. The molecule has 0 aromatic rings. The Labute approximate surface area is 91.3 Å². The molecule has 1 heterocycles. The first-order valence-corrected chi connectivity index (χ1v) is 5.97. The van der Waals surface area contributed by atoms with E-state index in [9.17, 15) is 4.79 Å². The molecule has 0 unspecified atom stereocenters. The molecule has 1 aliphatic heterocycles. The fraction of sp³-hybridized carbons (Fsp3) is 0.750. The maximum Gasteiger partial charge on any atom is 0.226 e. The summed E-state index contributed by atoms with van der Waals surface area (Å²) >= 11 is 0. The summed E-state index contributed by atoms with van der Waals surface area (Å²) in [7, 11) is 0. The van der Waals surface area contributed by atoms with Crippen molar-refractivity contribution in [2.45, 2.75) is 38.1 Å². The topological polar surface area (TPSA) is 46.3 Å². The van der Waals surface area contributed by atoms with Crippen molar-refractivity contribution in [3.8, 4) is 0 Å². The molecule has 2 aliphatic rings. The van der Waals surface area contributed by atoms with E-state index < -0.39 is 0 Å². The van der Waals surface area contributed by atoms with Gasteiger partial charge < -0.3 is 10.6 Å². The van der Waals surface area contributed by atoms with Gasteiger partial charge >= 0.3 is 0 Å². The maximum absolute atomic E-state index is 12.1. The molecule has 2 N–H and O–H groups in total. The van der Waals surface area contributed by atoms with E-state index in [0.717, 1.165) is 45.2 Å². The molecule has 0 aromatic heterocycles. The second-order valence-electron chi connectivity index (χ2n) is 4.64. The van der Waals surface area contributed by atoms with Crippen LogP contribution in [-0.4, -0.2) is 29.9 Å². The first kappa shape index (κ1) is 10.7. The number of rotatable bonds is 1. The Balaban J connectivity index is 1.87. The molecule has 1 atom stereocenters. The fourth-order valence-electron chi connectivity index (χ4n) is 2.40. The molecule has 1 amide bonds. The molecule has 1 fully saturated rings. The first-order chi connectivity index (χ1) is 7.27. The van der Waals surface area contributed by atoms with Crippen LogP contribution in [0.15, 0.2) is 12.2 Å². The zero-order chi connectivity index (χ0) is 10.7. The molecule has 0 bridgehead atoms. The Morgan fingerprint density at radius 3 is 2.53 bits per heavy atom. The van der Waals surface area contributed by atoms with Gasteiger partial charge in [0.1, 0.15) is 0 Å². The van der Waals surface area contributed by atoms with Gasteiger partial charge in [0.25, 0.3) is 0 Å². The van der Waals surface area contributed by atoms with Crippen molar-refractivity contribution in [3.63, 3.8) is 0 Å². The lowest BCUT2D eigenvalue weighted by Crippen LogP contribution is -2.45. The summed E-state index contributed by atoms with van der Waals surface area (Å²) < 4.78 is 0. The van der Waals surface area contributed by atoms with Crippen LogP contribution >= 0.6 is 0 Å². The van der Waals surface area contributed by atoms with Gasteiger partial charge in [-0.1, -0.05) is 12.2 Å². The van der Waals surface area contributed by atoms with Crippen molar-refractivity contribution < 1.29 is 4.79 Å². The van der Waals surface area contributed by atoms with Crippen molar-refractivity contribution in [2.75, 3.05) is 13.1 Å². The number of nitrogens with two attached hydrogens (primary N) is 1. The first-order valence-electron chi connectivity index (χ1n) is 5.97. The Morgan fingerprint density at radius 1 is 1.20 bits per heavy atom. The van der Waals surface area contributed by atoms with Crippen LogP contribution in [0.25, 0.3) is 0 Å². The molecule has 0 spiro atoms. The number of hydrogen-bond acceptors (Lipinski definition) is 2. The number of hydrogen-bond donors (Lipinski definition) is 1. The van der Waals surface area contributed by atoms with Gasteiger partial charge in [-0.15, -0.1) is 0 Å². The highest BCUT2D eigenvalue weighted by atomic mass is 16.2. The lowest BCUT2D eigenvalue weighted by molar-refractivity contribution is -0.136. The maximum atomic E-state index is 12.1. The second kappa shape index (κ2) is 4.79. The molecular formula is C12H20N2O. The van der Waals surface area contributed by atoms with E-state index in [1.54, 1.807) is 0 Å². The van der Waals surface area contributed by atoms with Crippen molar-refractivity contribution in [3.05, 3.63) is 12.2 Å². The molecular weight excluding hydrogens is 188 g/mol. The minimum Gasteiger partial charge on any atom is -0.342 e. The average molecular weight is 208 g/mol. The lowest BCUT2D eigenvalue weighted by atomic mass is 9.92. The number of likely N-dealkylation sites (tertiary alicyclic amines) is 1. The lowest BCUT2D eigenvalue weighted by Gasteiger charge is -2.33. The van der Waals surface area contributed by atoms with Crippen LogP contribution in [0, 0.1) is 5.92 Å². The van der Waals surface area contributed by atoms with Crippen molar-refractivity contribution >= 4 is 5.91 Å². The third-order valence-electron chi connectivity index (χ3n) is 3.47. The predicted octanol–water partition coefficient (Wildman–Crippen LogP) is 1.29. The number of carbonyl (C=O) groups excluding carboxylic acids is 1. The highest BCUT2D eigenvalue weighted by Gasteiger charge is 2.26. The molecule has 0 radical (unpaired) electrons. The normalized spacial score (nSPS) is 28.1. The Bertz CT molecular complexity index is 254. The zero-order valence-electron chi connectivity index (χ0n) is 9.19. The van der Waals surface area contributed by atoms with Gasteiger partial charge in [0.05, 0.1) is 0 Å². The molecule has 84 valence electrons. The average Bonchev–Trinajstić information content (AvgIpc) is 2.30. The third-order valence-corrected chi connectivity index (χ3v) is 3.47. The standard InChI is InChI=1S/C12H20N2O/c13-11-6-8-14(9-7-11)12(15)10-4-2-1-3-5-10/h1-2,10-11H,3-9,13H2/t10-/m0/s1. The smallest absolute Gasteiger partial charge is 0.226 e. The minimum absolute atomic E-state index is 0.240. The van der Waals surface area contributed by atoms with Crippen LogP contribution in [0.2, 0.25) is 0 Å². The van der Waals surface area contributed by atoms with Crippen molar-refractivity contribution in [1.82, 2.24) is 4.90 Å². The van der Waals surface area contributed by atoms with Crippen LogP contribution in [0.1, 0.15) is 32.1 Å².